The number of halogens is 1. The van der Waals surface area contributed by atoms with Gasteiger partial charge in [-0.3, -0.25) is 0 Å². The number of fused-ring (bicyclic) bond motifs is 1. The van der Waals surface area contributed by atoms with E-state index < -0.39 is 0 Å². The predicted octanol–water partition coefficient (Wildman–Crippen LogP) is 8.19. The molecule has 158 valence electrons. The summed E-state index contributed by atoms with van der Waals surface area (Å²) in [6.07, 6.45) is 10.7. The standard InChI is InChI=1S/C28H33FO/c1-3-4-20-5-7-21(8-6-20)9-10-22-11-17-27-24(19-22)14-18-26(28(27)29)23-12-15-25(30-2)16-13-23/h11-21H,3-10H2,1-2H3/t20-,21-. The Morgan fingerprint density at radius 1 is 0.867 bits per heavy atom. The van der Waals surface area contributed by atoms with Gasteiger partial charge < -0.3 is 4.74 Å². The van der Waals surface area contributed by atoms with Crippen molar-refractivity contribution in [3.63, 3.8) is 0 Å². The molecule has 1 aliphatic rings. The third-order valence-electron chi connectivity index (χ3n) is 6.92. The fraction of sp³-hybridized carbons (Fsp3) is 0.429. The number of aryl methyl sites for hydroxylation is 1. The van der Waals surface area contributed by atoms with E-state index in [2.05, 4.69) is 25.1 Å². The van der Waals surface area contributed by atoms with Crippen LogP contribution in [0, 0.1) is 17.7 Å². The van der Waals surface area contributed by atoms with Crippen molar-refractivity contribution in [2.45, 2.75) is 58.3 Å². The number of ether oxygens (including phenoxy) is 1. The average Bonchev–Trinajstić information content (AvgIpc) is 2.79. The molecular formula is C28H33FO. The van der Waals surface area contributed by atoms with E-state index >= 15 is 4.39 Å². The van der Waals surface area contributed by atoms with Crippen molar-refractivity contribution in [3.8, 4) is 16.9 Å². The van der Waals surface area contributed by atoms with Crippen LogP contribution in [0.5, 0.6) is 5.75 Å². The minimum absolute atomic E-state index is 0.140. The summed E-state index contributed by atoms with van der Waals surface area (Å²) in [7, 11) is 1.64. The molecule has 0 heterocycles. The van der Waals surface area contributed by atoms with Crippen LogP contribution in [-0.4, -0.2) is 7.11 Å². The fourth-order valence-corrected chi connectivity index (χ4v) is 5.08. The van der Waals surface area contributed by atoms with Crippen LogP contribution in [0.1, 0.15) is 57.4 Å². The van der Waals surface area contributed by atoms with Crippen LogP contribution in [0.15, 0.2) is 54.6 Å². The molecule has 3 aromatic rings. The van der Waals surface area contributed by atoms with Gasteiger partial charge >= 0.3 is 0 Å². The zero-order valence-corrected chi connectivity index (χ0v) is 18.3. The van der Waals surface area contributed by atoms with Gasteiger partial charge in [0.15, 0.2) is 0 Å². The molecule has 0 N–H and O–H groups in total. The molecule has 1 saturated carbocycles. The summed E-state index contributed by atoms with van der Waals surface area (Å²) >= 11 is 0. The van der Waals surface area contributed by atoms with Gasteiger partial charge in [0.1, 0.15) is 11.6 Å². The molecule has 0 aliphatic heterocycles. The van der Waals surface area contributed by atoms with E-state index in [1.54, 1.807) is 7.11 Å². The maximum atomic E-state index is 15.2. The second-order valence-electron chi connectivity index (χ2n) is 8.93. The zero-order chi connectivity index (χ0) is 20.9. The second kappa shape index (κ2) is 9.64. The lowest BCUT2D eigenvalue weighted by atomic mass is 9.78. The van der Waals surface area contributed by atoms with Crippen molar-refractivity contribution in [3.05, 3.63) is 66.0 Å². The molecule has 0 aromatic heterocycles. The number of rotatable bonds is 7. The van der Waals surface area contributed by atoms with E-state index in [1.807, 2.05) is 36.4 Å². The highest BCUT2D eigenvalue weighted by Gasteiger charge is 2.20. The van der Waals surface area contributed by atoms with Gasteiger partial charge in [0.2, 0.25) is 0 Å². The van der Waals surface area contributed by atoms with Crippen LogP contribution in [0.25, 0.3) is 21.9 Å². The quantitative estimate of drug-likeness (QED) is 0.385. The molecule has 30 heavy (non-hydrogen) atoms. The summed E-state index contributed by atoms with van der Waals surface area (Å²) < 4.78 is 20.4. The van der Waals surface area contributed by atoms with Crippen molar-refractivity contribution in [1.82, 2.24) is 0 Å². The molecule has 0 atom stereocenters. The molecule has 3 aromatic carbocycles. The third kappa shape index (κ3) is 4.69. The van der Waals surface area contributed by atoms with Crippen LogP contribution in [0.2, 0.25) is 0 Å². The molecule has 0 bridgehead atoms. The highest BCUT2D eigenvalue weighted by molar-refractivity contribution is 5.88. The minimum atomic E-state index is -0.140. The van der Waals surface area contributed by atoms with Crippen molar-refractivity contribution in [1.29, 1.82) is 0 Å². The lowest BCUT2D eigenvalue weighted by Crippen LogP contribution is -2.15. The maximum Gasteiger partial charge on any atom is 0.138 e. The average molecular weight is 405 g/mol. The normalized spacial score (nSPS) is 19.2. The zero-order valence-electron chi connectivity index (χ0n) is 18.3. The van der Waals surface area contributed by atoms with Crippen molar-refractivity contribution in [2.75, 3.05) is 7.11 Å². The first-order valence-corrected chi connectivity index (χ1v) is 11.5. The van der Waals surface area contributed by atoms with Gasteiger partial charge in [0, 0.05) is 10.9 Å². The first kappa shape index (κ1) is 20.9. The third-order valence-corrected chi connectivity index (χ3v) is 6.92. The summed E-state index contributed by atoms with van der Waals surface area (Å²) in [5.74, 6) is 2.47. The molecule has 1 fully saturated rings. The van der Waals surface area contributed by atoms with Gasteiger partial charge in [0.25, 0.3) is 0 Å². The summed E-state index contributed by atoms with van der Waals surface area (Å²) in [5.41, 5.74) is 2.84. The van der Waals surface area contributed by atoms with Crippen molar-refractivity contribution in [2.24, 2.45) is 11.8 Å². The van der Waals surface area contributed by atoms with Gasteiger partial charge in [-0.2, -0.15) is 0 Å². The highest BCUT2D eigenvalue weighted by atomic mass is 19.1. The Morgan fingerprint density at radius 2 is 1.57 bits per heavy atom. The van der Waals surface area contributed by atoms with Crippen LogP contribution >= 0.6 is 0 Å². The Bertz CT molecular complexity index is 968. The number of hydrogen-bond donors (Lipinski definition) is 0. The molecule has 1 aliphatic carbocycles. The van der Waals surface area contributed by atoms with Crippen molar-refractivity contribution >= 4 is 10.8 Å². The monoisotopic (exact) mass is 404 g/mol. The number of methoxy groups -OCH3 is 1. The fourth-order valence-electron chi connectivity index (χ4n) is 5.08. The summed E-state index contributed by atoms with van der Waals surface area (Å²) in [4.78, 5) is 0. The predicted molar refractivity (Wildman–Crippen MR) is 125 cm³/mol. The first-order valence-electron chi connectivity index (χ1n) is 11.5. The van der Waals surface area contributed by atoms with E-state index in [9.17, 15) is 0 Å². The van der Waals surface area contributed by atoms with E-state index in [0.29, 0.717) is 10.9 Å². The van der Waals surface area contributed by atoms with Gasteiger partial charge in [-0.05, 0) is 53.3 Å². The van der Waals surface area contributed by atoms with Gasteiger partial charge in [-0.15, -0.1) is 0 Å². The van der Waals surface area contributed by atoms with Crippen LogP contribution < -0.4 is 4.74 Å². The SMILES string of the molecule is CCC[C@H]1CC[C@H](CCc2ccc3c(F)c(-c4ccc(OC)cc4)ccc3c2)CC1. The molecule has 0 radical (unpaired) electrons. The summed E-state index contributed by atoms with van der Waals surface area (Å²) in [5, 5.41) is 1.70. The lowest BCUT2D eigenvalue weighted by molar-refractivity contribution is 0.252. The Labute approximate surface area is 180 Å². The molecule has 2 heteroatoms. The van der Waals surface area contributed by atoms with Gasteiger partial charge in [-0.25, -0.2) is 4.39 Å². The van der Waals surface area contributed by atoms with E-state index in [-0.39, 0.29) is 5.82 Å². The molecule has 0 unspecified atom stereocenters. The van der Waals surface area contributed by atoms with Gasteiger partial charge in [0.05, 0.1) is 7.11 Å². The summed E-state index contributed by atoms with van der Waals surface area (Å²) in [6, 6.07) is 17.8. The highest BCUT2D eigenvalue weighted by Crippen LogP contribution is 2.35. The molecule has 0 saturated heterocycles. The van der Waals surface area contributed by atoms with Crippen molar-refractivity contribution < 1.29 is 9.13 Å². The molecule has 0 amide bonds. The van der Waals surface area contributed by atoms with Crippen LogP contribution in [-0.2, 0) is 6.42 Å². The topological polar surface area (TPSA) is 9.23 Å². The van der Waals surface area contributed by atoms with Crippen LogP contribution in [0.4, 0.5) is 4.39 Å². The Hall–Kier alpha value is -2.35. The van der Waals surface area contributed by atoms with E-state index in [4.69, 9.17) is 4.74 Å². The Kier molecular flexibility index (Phi) is 6.72. The van der Waals surface area contributed by atoms with Gasteiger partial charge in [-0.1, -0.05) is 87.9 Å². The number of benzene rings is 3. The summed E-state index contributed by atoms with van der Waals surface area (Å²) in [6.45, 7) is 2.30. The Morgan fingerprint density at radius 3 is 2.23 bits per heavy atom. The molecular weight excluding hydrogens is 371 g/mol. The number of hydrogen-bond acceptors (Lipinski definition) is 1. The minimum Gasteiger partial charge on any atom is -0.497 e. The molecule has 4 rings (SSSR count). The first-order chi connectivity index (χ1) is 14.7. The largest absolute Gasteiger partial charge is 0.497 e. The van der Waals surface area contributed by atoms with E-state index in [1.165, 1.54) is 50.5 Å². The van der Waals surface area contributed by atoms with Crippen LogP contribution in [0.3, 0.4) is 0 Å². The molecule has 1 nitrogen and oxygen atoms in total. The van der Waals surface area contributed by atoms with E-state index in [0.717, 1.165) is 35.0 Å². The smallest absolute Gasteiger partial charge is 0.138 e. The lowest BCUT2D eigenvalue weighted by Gasteiger charge is -2.28. The maximum absolute atomic E-state index is 15.2. The second-order valence-corrected chi connectivity index (χ2v) is 8.93. The Balaban J connectivity index is 1.44. The molecule has 0 spiro atoms.